The van der Waals surface area contributed by atoms with Crippen molar-refractivity contribution in [3.63, 3.8) is 0 Å². The van der Waals surface area contributed by atoms with Gasteiger partial charge in [0.2, 0.25) is 0 Å². The first kappa shape index (κ1) is 9.10. The molecule has 0 N–H and O–H groups in total. The Morgan fingerprint density at radius 2 is 1.75 bits per heavy atom. The molecule has 0 aromatic rings. The lowest BCUT2D eigenvalue weighted by atomic mass is 11.6. The summed E-state index contributed by atoms with van der Waals surface area (Å²) in [5.74, 6) is 0. The summed E-state index contributed by atoms with van der Waals surface area (Å²) >= 11 is 0. The van der Waals surface area contributed by atoms with Gasteiger partial charge in [-0.1, -0.05) is 5.18 Å². The first-order valence-corrected chi connectivity index (χ1v) is 0.630. The molecule has 0 rings (SSSR count). The topological polar surface area (TPSA) is 29.4 Å². The Labute approximate surface area is 30.6 Å². The fraction of sp³-hybridized carbons (Fsp3) is 1.00. The molecule has 0 aromatic carbocycles. The van der Waals surface area contributed by atoms with E-state index in [0.717, 1.165) is 0 Å². The number of hydrogen-bond donors (Lipinski definition) is 0. The summed E-state index contributed by atoms with van der Waals surface area (Å²) in [7, 11) is 1.19. The van der Waals surface area contributed by atoms with Crippen LogP contribution in [0.4, 0.5) is 0 Å². The zero-order valence-corrected chi connectivity index (χ0v) is 3.08. The van der Waals surface area contributed by atoms with Crippen LogP contribution in [0.15, 0.2) is 5.18 Å². The third kappa shape index (κ3) is 124. The van der Waals surface area contributed by atoms with E-state index in [2.05, 4.69) is 5.18 Å². The monoisotopic (exact) mass is 81.0 g/mol. The predicted octanol–water partition coefficient (Wildman–Crippen LogP) is 0.804. The van der Waals surface area contributed by atoms with Gasteiger partial charge in [0.15, 0.2) is 0 Å². The first-order valence-electron chi connectivity index (χ1n) is 0.630. The van der Waals surface area contributed by atoms with Crippen molar-refractivity contribution in [2.45, 2.75) is 0 Å². The van der Waals surface area contributed by atoms with E-state index in [4.69, 9.17) is 4.91 Å². The van der Waals surface area contributed by atoms with Crippen molar-refractivity contribution in [2.24, 2.45) is 5.18 Å². The molecule has 4 heavy (non-hydrogen) atoms. The van der Waals surface area contributed by atoms with Gasteiger partial charge >= 0.3 is 0 Å². The van der Waals surface area contributed by atoms with Crippen LogP contribution in [0.25, 0.3) is 0 Å². The Bertz CT molecular complexity index is 15.5. The molecule has 2 nitrogen and oxygen atoms in total. The molecule has 0 fully saturated rings. The van der Waals surface area contributed by atoms with E-state index in [1.54, 1.807) is 0 Å². The zero-order valence-electron chi connectivity index (χ0n) is 2.26. The van der Waals surface area contributed by atoms with Crippen molar-refractivity contribution in [3.8, 4) is 0 Å². The van der Waals surface area contributed by atoms with Crippen LogP contribution in [0, 0.1) is 4.91 Å². The fourth-order valence-corrected chi connectivity index (χ4v) is 0. The summed E-state index contributed by atoms with van der Waals surface area (Å²) < 4.78 is 0. The third-order valence-corrected chi connectivity index (χ3v) is 0. The normalized spacial score (nSPS) is 3.25. The summed E-state index contributed by atoms with van der Waals surface area (Å²) in [5.41, 5.74) is 0. The van der Waals surface area contributed by atoms with Crippen molar-refractivity contribution in [3.05, 3.63) is 4.91 Å². The van der Waals surface area contributed by atoms with Crippen molar-refractivity contribution in [2.75, 3.05) is 7.05 Å². The van der Waals surface area contributed by atoms with E-state index in [-0.39, 0.29) is 12.4 Å². The summed E-state index contributed by atoms with van der Waals surface area (Å²) in [6, 6.07) is 0. The molecule has 0 bridgehead atoms. The van der Waals surface area contributed by atoms with E-state index in [1.165, 1.54) is 7.05 Å². The number of hydrogen-bond acceptors (Lipinski definition) is 2. The van der Waals surface area contributed by atoms with Crippen LogP contribution in [0.1, 0.15) is 0 Å². The highest BCUT2D eigenvalue weighted by Crippen LogP contribution is 1.27. The minimum atomic E-state index is 0. The molecule has 0 amide bonds. The average molecular weight is 81.5 g/mol. The molecule has 0 heterocycles. The largest absolute Gasteiger partial charge is 0.151 e. The van der Waals surface area contributed by atoms with E-state index < -0.39 is 0 Å². The van der Waals surface area contributed by atoms with Gasteiger partial charge in [-0.25, -0.2) is 0 Å². The average Bonchev–Trinajstić information content (AvgIpc) is 0.918. The molecular weight excluding hydrogens is 77.5 g/mol. The van der Waals surface area contributed by atoms with Crippen LogP contribution in [0.2, 0.25) is 0 Å². The van der Waals surface area contributed by atoms with Gasteiger partial charge in [0.25, 0.3) is 0 Å². The van der Waals surface area contributed by atoms with Gasteiger partial charge in [-0.15, -0.1) is 12.4 Å². The van der Waals surface area contributed by atoms with E-state index in [1.807, 2.05) is 0 Å². The summed E-state index contributed by atoms with van der Waals surface area (Å²) in [4.78, 5) is 8.56. The Hall–Kier alpha value is -0.110. The molecule has 0 aromatic heterocycles. The van der Waals surface area contributed by atoms with Gasteiger partial charge in [-0.05, 0) is 0 Å². The number of nitrogens with zero attached hydrogens (tertiary/aromatic N) is 1. The quantitative estimate of drug-likeness (QED) is 0.397. The standard InChI is InChI=1S/CH3NO.ClH/c1-2-3;/h1H3;1H. The van der Waals surface area contributed by atoms with Crippen LogP contribution in [0.5, 0.6) is 0 Å². The minimum Gasteiger partial charge on any atom is -0.151 e. The fourth-order valence-electron chi connectivity index (χ4n) is 0. The predicted molar refractivity (Wildman–Crippen MR) is 19.0 cm³/mol. The second-order valence-electron chi connectivity index (χ2n) is 0.183. The molecule has 26 valence electrons. The Morgan fingerprint density at radius 1 is 1.75 bits per heavy atom. The summed E-state index contributed by atoms with van der Waals surface area (Å²) in [6.45, 7) is 0. The van der Waals surface area contributed by atoms with Crippen molar-refractivity contribution >= 4 is 12.4 Å². The van der Waals surface area contributed by atoms with E-state index in [9.17, 15) is 0 Å². The molecule has 3 heteroatoms. The van der Waals surface area contributed by atoms with E-state index >= 15 is 0 Å². The summed E-state index contributed by atoms with van der Waals surface area (Å²) in [5, 5.41) is 2.25. The molecule has 0 atom stereocenters. The number of halogens is 1. The van der Waals surface area contributed by atoms with Gasteiger partial charge in [0, 0.05) is 0 Å². The molecule has 0 unspecified atom stereocenters. The lowest BCUT2D eigenvalue weighted by molar-refractivity contribution is 1.42. The van der Waals surface area contributed by atoms with Gasteiger partial charge < -0.3 is 0 Å². The molecular formula is CH4ClNO. The SMILES string of the molecule is CN=O.Cl. The lowest BCUT2D eigenvalue weighted by Crippen LogP contribution is -1.21. The number of rotatable bonds is 0. The van der Waals surface area contributed by atoms with E-state index in [0.29, 0.717) is 0 Å². The minimum absolute atomic E-state index is 0. The summed E-state index contributed by atoms with van der Waals surface area (Å²) in [6.07, 6.45) is 0. The Kier molecular flexibility index (Phi) is 29.6. The smallest absolute Gasteiger partial charge is 0.0700 e. The van der Waals surface area contributed by atoms with Crippen LogP contribution in [0.3, 0.4) is 0 Å². The molecule has 0 radical (unpaired) electrons. The number of nitroso groups, excluding NO2 is 1. The molecule has 0 aliphatic carbocycles. The van der Waals surface area contributed by atoms with Crippen molar-refractivity contribution < 1.29 is 0 Å². The molecule has 0 aliphatic heterocycles. The zero-order chi connectivity index (χ0) is 2.71. The first-order chi connectivity index (χ1) is 1.41. The van der Waals surface area contributed by atoms with Gasteiger partial charge in [-0.3, -0.25) is 0 Å². The van der Waals surface area contributed by atoms with Crippen LogP contribution in [-0.4, -0.2) is 7.05 Å². The second kappa shape index (κ2) is 13.0. The Morgan fingerprint density at radius 3 is 1.75 bits per heavy atom. The molecule has 0 saturated carbocycles. The highest BCUT2D eigenvalue weighted by atomic mass is 35.5. The maximum absolute atomic E-state index is 8.56. The van der Waals surface area contributed by atoms with Crippen LogP contribution < -0.4 is 0 Å². The molecule has 0 saturated heterocycles. The maximum atomic E-state index is 8.56. The molecule has 0 aliphatic rings. The highest BCUT2D eigenvalue weighted by Gasteiger charge is 1.19. The van der Waals surface area contributed by atoms with Crippen LogP contribution >= 0.6 is 12.4 Å². The van der Waals surface area contributed by atoms with Gasteiger partial charge in [0.05, 0.1) is 7.05 Å². The van der Waals surface area contributed by atoms with Crippen molar-refractivity contribution in [1.82, 2.24) is 0 Å². The van der Waals surface area contributed by atoms with Gasteiger partial charge in [-0.2, -0.15) is 4.91 Å². The Balaban J connectivity index is 0. The maximum Gasteiger partial charge on any atom is 0.0700 e. The lowest BCUT2D eigenvalue weighted by Gasteiger charge is -1.27. The molecule has 0 spiro atoms. The van der Waals surface area contributed by atoms with Gasteiger partial charge in [0.1, 0.15) is 0 Å². The van der Waals surface area contributed by atoms with Crippen molar-refractivity contribution in [1.29, 1.82) is 0 Å². The highest BCUT2D eigenvalue weighted by molar-refractivity contribution is 5.85. The van der Waals surface area contributed by atoms with Crippen LogP contribution in [-0.2, 0) is 0 Å². The third-order valence-electron chi connectivity index (χ3n) is 0. The second-order valence-corrected chi connectivity index (χ2v) is 0.183.